The topological polar surface area (TPSA) is 124 Å². The van der Waals surface area contributed by atoms with Gasteiger partial charge in [0.2, 0.25) is 5.91 Å². The van der Waals surface area contributed by atoms with Crippen molar-refractivity contribution in [1.82, 2.24) is 10.2 Å². The molecule has 10 heteroatoms. The zero-order chi connectivity index (χ0) is 26.6. The molecular weight excluding hydrogens is 480 g/mol. The molecular formula is C26H44N4O5S. The van der Waals surface area contributed by atoms with Crippen molar-refractivity contribution in [3.05, 3.63) is 24.3 Å². The molecule has 1 fully saturated rings. The SMILES string of the molecule is CCCC.CCNC(=O)C(CNc1cccc(OCCN2CCOCC2)c1)SCC(C#N)CC(=O)O.[HH]. The van der Waals surface area contributed by atoms with E-state index in [1.165, 1.54) is 24.6 Å². The van der Waals surface area contributed by atoms with E-state index in [0.29, 0.717) is 19.7 Å². The number of ether oxygens (including phenoxy) is 2. The number of nitrogens with zero attached hydrogens (tertiary/aromatic N) is 2. The summed E-state index contributed by atoms with van der Waals surface area (Å²) in [5.74, 6) is -0.781. The normalized spacial score (nSPS) is 14.9. The first-order chi connectivity index (χ1) is 17.4. The average molecular weight is 525 g/mol. The van der Waals surface area contributed by atoms with Gasteiger partial charge in [-0.25, -0.2) is 0 Å². The number of carbonyl (C=O) groups excluding carboxylic acids is 1. The number of aliphatic carboxylic acids is 1. The number of anilines is 1. The number of carbonyl (C=O) groups is 2. The first-order valence-corrected chi connectivity index (χ1v) is 13.8. The highest BCUT2D eigenvalue weighted by Crippen LogP contribution is 2.21. The lowest BCUT2D eigenvalue weighted by atomic mass is 10.1. The van der Waals surface area contributed by atoms with Crippen LogP contribution >= 0.6 is 11.8 Å². The van der Waals surface area contributed by atoms with E-state index in [0.717, 1.165) is 44.3 Å². The van der Waals surface area contributed by atoms with Crippen molar-refractivity contribution in [3.8, 4) is 11.8 Å². The molecule has 9 nitrogen and oxygen atoms in total. The molecule has 0 aromatic heterocycles. The molecule has 0 bridgehead atoms. The third kappa shape index (κ3) is 14.2. The summed E-state index contributed by atoms with van der Waals surface area (Å²) in [6, 6.07) is 9.57. The first kappa shape index (κ1) is 31.5. The third-order valence-corrected chi connectivity index (χ3v) is 6.73. The molecule has 1 saturated heterocycles. The van der Waals surface area contributed by atoms with Gasteiger partial charge in [0.15, 0.2) is 0 Å². The van der Waals surface area contributed by atoms with Gasteiger partial charge in [-0.1, -0.05) is 32.8 Å². The van der Waals surface area contributed by atoms with Gasteiger partial charge in [-0.15, -0.1) is 11.8 Å². The highest BCUT2D eigenvalue weighted by atomic mass is 32.2. The van der Waals surface area contributed by atoms with Crippen molar-refractivity contribution in [2.45, 2.75) is 45.3 Å². The maximum atomic E-state index is 12.4. The fourth-order valence-corrected chi connectivity index (χ4v) is 4.22. The van der Waals surface area contributed by atoms with E-state index in [-0.39, 0.29) is 19.5 Å². The number of nitriles is 1. The van der Waals surface area contributed by atoms with Crippen molar-refractivity contribution in [3.63, 3.8) is 0 Å². The predicted octanol–water partition coefficient (Wildman–Crippen LogP) is 3.71. The number of hydrogen-bond donors (Lipinski definition) is 3. The molecule has 0 saturated carbocycles. The molecule has 1 aromatic rings. The van der Waals surface area contributed by atoms with Crippen LogP contribution in [0, 0.1) is 17.2 Å². The Morgan fingerprint density at radius 3 is 2.61 bits per heavy atom. The maximum absolute atomic E-state index is 12.4. The number of hydrogen-bond acceptors (Lipinski definition) is 8. The number of morpholine rings is 1. The van der Waals surface area contributed by atoms with Crippen molar-refractivity contribution in [1.29, 1.82) is 5.26 Å². The van der Waals surface area contributed by atoms with E-state index in [1.807, 2.05) is 37.3 Å². The fourth-order valence-electron chi connectivity index (χ4n) is 3.12. The number of carboxylic acids is 1. The van der Waals surface area contributed by atoms with Crippen molar-refractivity contribution in [2.75, 3.05) is 63.6 Å². The minimum Gasteiger partial charge on any atom is -0.492 e. The highest BCUT2D eigenvalue weighted by molar-refractivity contribution is 8.00. The Morgan fingerprint density at radius 1 is 1.28 bits per heavy atom. The van der Waals surface area contributed by atoms with Gasteiger partial charge in [0, 0.05) is 51.7 Å². The zero-order valence-electron chi connectivity index (χ0n) is 21.8. The van der Waals surface area contributed by atoms with Crippen molar-refractivity contribution in [2.24, 2.45) is 5.92 Å². The summed E-state index contributed by atoms with van der Waals surface area (Å²) in [4.78, 5) is 25.6. The molecule has 0 spiro atoms. The molecule has 36 heavy (non-hydrogen) atoms. The monoisotopic (exact) mass is 524 g/mol. The molecule has 1 heterocycles. The number of rotatable bonds is 15. The van der Waals surface area contributed by atoms with E-state index >= 15 is 0 Å². The Morgan fingerprint density at radius 2 is 2.00 bits per heavy atom. The second-order valence-electron chi connectivity index (χ2n) is 8.35. The molecule has 1 amide bonds. The van der Waals surface area contributed by atoms with Gasteiger partial charge in [0.25, 0.3) is 0 Å². The van der Waals surface area contributed by atoms with Crippen molar-refractivity contribution >= 4 is 29.3 Å². The molecule has 1 aliphatic heterocycles. The second-order valence-corrected chi connectivity index (χ2v) is 9.59. The number of benzene rings is 1. The van der Waals surface area contributed by atoms with Crippen LogP contribution in [-0.2, 0) is 14.3 Å². The van der Waals surface area contributed by atoms with Crippen LogP contribution in [0.1, 0.15) is 41.5 Å². The molecule has 2 unspecified atom stereocenters. The lowest BCUT2D eigenvalue weighted by Crippen LogP contribution is -2.38. The number of carboxylic acid groups (broad SMARTS) is 1. The fraction of sp³-hybridized carbons (Fsp3) is 0.654. The number of unbranched alkanes of at least 4 members (excludes halogenated alkanes) is 1. The molecule has 0 aliphatic carbocycles. The minimum absolute atomic E-state index is 0. The van der Waals surface area contributed by atoms with Crippen LogP contribution in [0.3, 0.4) is 0 Å². The quantitative estimate of drug-likeness (QED) is 0.315. The minimum atomic E-state index is -1.02. The Balaban J connectivity index is 0.00000241. The highest BCUT2D eigenvalue weighted by Gasteiger charge is 2.22. The van der Waals surface area contributed by atoms with E-state index in [9.17, 15) is 9.59 Å². The van der Waals surface area contributed by atoms with E-state index in [2.05, 4.69) is 29.4 Å². The van der Waals surface area contributed by atoms with Crippen LogP contribution in [0.2, 0.25) is 0 Å². The van der Waals surface area contributed by atoms with E-state index < -0.39 is 17.1 Å². The molecule has 1 aromatic carbocycles. The van der Waals surface area contributed by atoms with Gasteiger partial charge in [0.05, 0.1) is 31.6 Å². The van der Waals surface area contributed by atoms with Crippen LogP contribution in [0.4, 0.5) is 5.69 Å². The summed E-state index contributed by atoms with van der Waals surface area (Å²) in [6.45, 7) is 11.8. The van der Waals surface area contributed by atoms with Crippen LogP contribution in [0.5, 0.6) is 5.75 Å². The molecule has 3 N–H and O–H groups in total. The van der Waals surface area contributed by atoms with Gasteiger partial charge < -0.3 is 25.2 Å². The second kappa shape index (κ2) is 19.7. The lowest BCUT2D eigenvalue weighted by molar-refractivity contribution is -0.137. The summed E-state index contributed by atoms with van der Waals surface area (Å²) in [5.41, 5.74) is 0.825. The number of amides is 1. The Labute approximate surface area is 221 Å². The van der Waals surface area contributed by atoms with Crippen LogP contribution in [0.15, 0.2) is 24.3 Å². The first-order valence-electron chi connectivity index (χ1n) is 12.7. The van der Waals surface area contributed by atoms with Gasteiger partial charge >= 0.3 is 5.97 Å². The molecule has 2 atom stereocenters. The van der Waals surface area contributed by atoms with E-state index in [1.54, 1.807) is 0 Å². The molecule has 1 aliphatic rings. The van der Waals surface area contributed by atoms with Crippen LogP contribution in [-0.4, -0.2) is 85.4 Å². The summed E-state index contributed by atoms with van der Waals surface area (Å²) >= 11 is 1.29. The molecule has 0 radical (unpaired) electrons. The molecule has 2 rings (SSSR count). The summed E-state index contributed by atoms with van der Waals surface area (Å²) < 4.78 is 11.2. The van der Waals surface area contributed by atoms with Crippen LogP contribution < -0.4 is 15.4 Å². The zero-order valence-corrected chi connectivity index (χ0v) is 22.6. The Kier molecular flexibility index (Phi) is 17.2. The maximum Gasteiger partial charge on any atom is 0.304 e. The predicted molar refractivity (Wildman–Crippen MR) is 147 cm³/mol. The Hall–Kier alpha value is -2.48. The van der Waals surface area contributed by atoms with Gasteiger partial charge in [-0.05, 0) is 19.1 Å². The number of thioether (sulfide) groups is 1. The third-order valence-electron chi connectivity index (χ3n) is 5.35. The summed E-state index contributed by atoms with van der Waals surface area (Å²) in [5, 5.41) is 23.7. The Bertz CT molecular complexity index is 803. The van der Waals surface area contributed by atoms with E-state index in [4.69, 9.17) is 19.8 Å². The molecule has 204 valence electrons. The summed E-state index contributed by atoms with van der Waals surface area (Å²) in [6.07, 6.45) is 2.41. The van der Waals surface area contributed by atoms with Gasteiger partial charge in [-0.2, -0.15) is 5.26 Å². The average Bonchev–Trinajstić information content (AvgIpc) is 2.89. The number of nitrogens with one attached hydrogen (secondary N) is 2. The van der Waals surface area contributed by atoms with Gasteiger partial charge in [0.1, 0.15) is 17.6 Å². The van der Waals surface area contributed by atoms with Crippen molar-refractivity contribution < 1.29 is 25.6 Å². The van der Waals surface area contributed by atoms with Crippen LogP contribution in [0.25, 0.3) is 0 Å². The smallest absolute Gasteiger partial charge is 0.304 e. The largest absolute Gasteiger partial charge is 0.492 e. The lowest BCUT2D eigenvalue weighted by Gasteiger charge is -2.26. The summed E-state index contributed by atoms with van der Waals surface area (Å²) in [7, 11) is 0. The standard InChI is InChI=1S/C22H32N4O5S.C4H10.H2/c1-2-24-22(29)20(32-16-17(14-23)12-21(27)28)15-25-18-4-3-5-19(13-18)31-11-8-26-6-9-30-10-7-26;1-3-4-2;/h3-5,13,17,20,25H,2,6-12,15-16H2,1H3,(H,24,29)(H,27,28);3-4H2,1-2H3;1H. The van der Waals surface area contributed by atoms with Gasteiger partial charge in [-0.3, -0.25) is 14.5 Å².